The van der Waals surface area contributed by atoms with Gasteiger partial charge in [-0.25, -0.2) is 4.57 Å². The molecule has 17 heavy (non-hydrogen) atoms. The standard InChI is InChI=1S/C12H18ClN2O2/c1-12(2,3)17-11(16)10(14)8-15-6-4-9(13)5-7-15/h4-7,10H,8,14H2,1-3H3/q+1. The summed E-state index contributed by atoms with van der Waals surface area (Å²) < 4.78 is 6.98. The van der Waals surface area contributed by atoms with Gasteiger partial charge in [-0.3, -0.25) is 4.79 Å². The normalized spacial score (nSPS) is 13.2. The zero-order valence-corrected chi connectivity index (χ0v) is 11.1. The molecule has 1 heterocycles. The molecule has 2 N–H and O–H groups in total. The summed E-state index contributed by atoms with van der Waals surface area (Å²) in [6.07, 6.45) is 3.54. The molecule has 0 fully saturated rings. The molecule has 1 aromatic rings. The molecule has 0 saturated heterocycles. The highest BCUT2D eigenvalue weighted by Gasteiger charge is 2.24. The Bertz CT molecular complexity index is 384. The van der Waals surface area contributed by atoms with Gasteiger partial charge in [0, 0.05) is 12.1 Å². The molecular formula is C12H18ClN2O2+. The Balaban J connectivity index is 2.57. The summed E-state index contributed by atoms with van der Waals surface area (Å²) in [5, 5.41) is 0.645. The van der Waals surface area contributed by atoms with Gasteiger partial charge in [-0.05, 0) is 20.8 Å². The number of carbonyl (C=O) groups excluding carboxylic acids is 1. The second-order valence-corrected chi connectivity index (χ2v) is 5.29. The van der Waals surface area contributed by atoms with Gasteiger partial charge in [-0.15, -0.1) is 0 Å². The minimum atomic E-state index is -0.680. The van der Waals surface area contributed by atoms with Crippen molar-refractivity contribution in [3.8, 4) is 0 Å². The molecule has 0 aliphatic heterocycles. The van der Waals surface area contributed by atoms with E-state index >= 15 is 0 Å². The number of nitrogens with zero attached hydrogens (tertiary/aromatic N) is 1. The van der Waals surface area contributed by atoms with Gasteiger partial charge in [0.15, 0.2) is 25.0 Å². The number of aromatic nitrogens is 1. The van der Waals surface area contributed by atoms with Crippen molar-refractivity contribution in [2.75, 3.05) is 0 Å². The largest absolute Gasteiger partial charge is 0.459 e. The molecule has 0 bridgehead atoms. The smallest absolute Gasteiger partial charge is 0.330 e. The van der Waals surface area contributed by atoms with Crippen LogP contribution in [0.2, 0.25) is 5.02 Å². The Kier molecular flexibility index (Phi) is 4.48. The molecule has 0 saturated carbocycles. The summed E-state index contributed by atoms with van der Waals surface area (Å²) in [5.41, 5.74) is 5.25. The molecule has 0 radical (unpaired) electrons. The van der Waals surface area contributed by atoms with E-state index in [2.05, 4.69) is 0 Å². The molecule has 0 aliphatic rings. The second kappa shape index (κ2) is 5.47. The average molecular weight is 258 g/mol. The Morgan fingerprint density at radius 2 is 2.00 bits per heavy atom. The number of hydrogen-bond donors (Lipinski definition) is 1. The van der Waals surface area contributed by atoms with Crippen LogP contribution in [0.25, 0.3) is 0 Å². The van der Waals surface area contributed by atoms with Crippen LogP contribution in [0.3, 0.4) is 0 Å². The van der Waals surface area contributed by atoms with Crippen molar-refractivity contribution in [1.82, 2.24) is 0 Å². The number of esters is 1. The number of rotatable bonds is 3. The molecule has 0 aliphatic carbocycles. The van der Waals surface area contributed by atoms with Gasteiger partial charge >= 0.3 is 5.97 Å². The third-order valence-electron chi connectivity index (χ3n) is 1.97. The molecule has 0 aromatic carbocycles. The van der Waals surface area contributed by atoms with Crippen molar-refractivity contribution < 1.29 is 14.1 Å². The first kappa shape index (κ1) is 13.9. The third kappa shape index (κ3) is 5.15. The molecule has 0 spiro atoms. The highest BCUT2D eigenvalue weighted by atomic mass is 35.5. The Hall–Kier alpha value is -1.13. The average Bonchev–Trinajstić information content (AvgIpc) is 2.19. The number of ether oxygens (including phenoxy) is 1. The summed E-state index contributed by atoms with van der Waals surface area (Å²) in [5.74, 6) is -0.403. The van der Waals surface area contributed by atoms with Gasteiger partial charge in [0.25, 0.3) is 0 Å². The van der Waals surface area contributed by atoms with Crippen LogP contribution >= 0.6 is 11.6 Å². The van der Waals surface area contributed by atoms with Gasteiger partial charge in [-0.1, -0.05) is 11.6 Å². The fourth-order valence-electron chi connectivity index (χ4n) is 1.24. The highest BCUT2D eigenvalue weighted by Crippen LogP contribution is 2.08. The highest BCUT2D eigenvalue weighted by molar-refractivity contribution is 6.30. The van der Waals surface area contributed by atoms with Crippen LogP contribution in [-0.4, -0.2) is 17.6 Å². The second-order valence-electron chi connectivity index (χ2n) is 4.85. The lowest BCUT2D eigenvalue weighted by molar-refractivity contribution is -0.697. The maximum atomic E-state index is 11.6. The van der Waals surface area contributed by atoms with Crippen LogP contribution in [0.1, 0.15) is 20.8 Å². The number of carbonyl (C=O) groups is 1. The minimum Gasteiger partial charge on any atom is -0.459 e. The molecule has 4 nitrogen and oxygen atoms in total. The molecule has 1 aromatic heterocycles. The summed E-state index contributed by atoms with van der Waals surface area (Å²) >= 11 is 5.76. The van der Waals surface area contributed by atoms with E-state index in [1.54, 1.807) is 29.1 Å². The van der Waals surface area contributed by atoms with Crippen molar-refractivity contribution in [1.29, 1.82) is 0 Å². The first-order chi connectivity index (χ1) is 7.78. The molecule has 0 amide bonds. The predicted molar refractivity (Wildman–Crippen MR) is 65.5 cm³/mol. The maximum absolute atomic E-state index is 11.6. The van der Waals surface area contributed by atoms with Gasteiger partial charge < -0.3 is 10.5 Å². The van der Waals surface area contributed by atoms with E-state index in [0.717, 1.165) is 0 Å². The molecule has 5 heteroatoms. The van der Waals surface area contributed by atoms with E-state index < -0.39 is 17.6 Å². The van der Waals surface area contributed by atoms with Crippen LogP contribution in [0.15, 0.2) is 24.5 Å². The van der Waals surface area contributed by atoms with E-state index in [-0.39, 0.29) is 0 Å². The monoisotopic (exact) mass is 257 g/mol. The zero-order chi connectivity index (χ0) is 13.1. The number of hydrogen-bond acceptors (Lipinski definition) is 3. The van der Waals surface area contributed by atoms with E-state index in [4.69, 9.17) is 22.1 Å². The Morgan fingerprint density at radius 3 is 2.47 bits per heavy atom. The van der Waals surface area contributed by atoms with Crippen molar-refractivity contribution in [3.63, 3.8) is 0 Å². The predicted octanol–water partition coefficient (Wildman–Crippen LogP) is 1.30. The van der Waals surface area contributed by atoms with Crippen LogP contribution < -0.4 is 10.3 Å². The SMILES string of the molecule is CC(C)(C)OC(=O)C(N)C[n+]1ccc(Cl)cc1. The molecular weight excluding hydrogens is 240 g/mol. The first-order valence-corrected chi connectivity index (χ1v) is 5.79. The zero-order valence-electron chi connectivity index (χ0n) is 10.3. The van der Waals surface area contributed by atoms with Crippen molar-refractivity contribution in [3.05, 3.63) is 29.5 Å². The summed E-state index contributed by atoms with van der Waals surface area (Å²) in [7, 11) is 0. The van der Waals surface area contributed by atoms with Crippen molar-refractivity contribution >= 4 is 17.6 Å². The van der Waals surface area contributed by atoms with Crippen molar-refractivity contribution in [2.24, 2.45) is 5.73 Å². The van der Waals surface area contributed by atoms with Gasteiger partial charge in [0.2, 0.25) is 0 Å². The third-order valence-corrected chi connectivity index (χ3v) is 2.22. The van der Waals surface area contributed by atoms with Crippen LogP contribution in [0.5, 0.6) is 0 Å². The van der Waals surface area contributed by atoms with Crippen LogP contribution in [0.4, 0.5) is 0 Å². The lowest BCUT2D eigenvalue weighted by Crippen LogP contribution is -2.48. The van der Waals surface area contributed by atoms with E-state index in [1.807, 2.05) is 20.8 Å². The Labute approximate surface area is 106 Å². The summed E-state index contributed by atoms with van der Waals surface area (Å²) in [4.78, 5) is 11.6. The molecule has 1 unspecified atom stereocenters. The van der Waals surface area contributed by atoms with Gasteiger partial charge in [0.05, 0.1) is 5.02 Å². The molecule has 1 atom stereocenters. The summed E-state index contributed by atoms with van der Waals surface area (Å²) in [6.45, 7) is 5.80. The Morgan fingerprint density at radius 1 is 1.47 bits per heavy atom. The fraction of sp³-hybridized carbons (Fsp3) is 0.500. The van der Waals surface area contributed by atoms with Gasteiger partial charge in [-0.2, -0.15) is 0 Å². The lowest BCUT2D eigenvalue weighted by Gasteiger charge is -2.21. The van der Waals surface area contributed by atoms with E-state index in [9.17, 15) is 4.79 Å². The lowest BCUT2D eigenvalue weighted by atomic mass is 10.2. The topological polar surface area (TPSA) is 56.2 Å². The quantitative estimate of drug-likeness (QED) is 0.656. The number of halogens is 1. The van der Waals surface area contributed by atoms with Gasteiger partial charge in [0.1, 0.15) is 5.60 Å². The minimum absolute atomic E-state index is 0.367. The molecule has 94 valence electrons. The van der Waals surface area contributed by atoms with E-state index in [1.165, 1.54) is 0 Å². The fourth-order valence-corrected chi connectivity index (χ4v) is 1.35. The van der Waals surface area contributed by atoms with Crippen molar-refractivity contribution in [2.45, 2.75) is 39.0 Å². The number of pyridine rings is 1. The van der Waals surface area contributed by atoms with Crippen LogP contribution in [-0.2, 0) is 16.1 Å². The first-order valence-electron chi connectivity index (χ1n) is 5.41. The maximum Gasteiger partial charge on any atom is 0.330 e. The molecule has 1 rings (SSSR count). The van der Waals surface area contributed by atoms with E-state index in [0.29, 0.717) is 11.6 Å². The number of nitrogens with two attached hydrogens (primary N) is 1. The van der Waals surface area contributed by atoms with Crippen LogP contribution in [0, 0.1) is 0 Å². The summed E-state index contributed by atoms with van der Waals surface area (Å²) in [6, 6.07) is 2.80.